The van der Waals surface area contributed by atoms with E-state index in [0.717, 1.165) is 49.9 Å². The van der Waals surface area contributed by atoms with Crippen molar-refractivity contribution < 1.29 is 28.4 Å². The molecule has 1 aromatic carbocycles. The number of nitrogens with zero attached hydrogens (tertiary/aromatic N) is 10. The van der Waals surface area contributed by atoms with E-state index in [-0.39, 0.29) is 24.4 Å². The van der Waals surface area contributed by atoms with E-state index in [0.29, 0.717) is 81.1 Å². The highest BCUT2D eigenvalue weighted by Crippen LogP contribution is 2.35. The second kappa shape index (κ2) is 19.6. The summed E-state index contributed by atoms with van der Waals surface area (Å²) in [5, 5.41) is 29.1. The summed E-state index contributed by atoms with van der Waals surface area (Å²) in [6.45, 7) is 11.4. The van der Waals surface area contributed by atoms with Crippen molar-refractivity contribution in [3.8, 4) is 28.8 Å². The first-order valence-electron chi connectivity index (χ1n) is 18.7. The lowest BCUT2D eigenvalue weighted by atomic mass is 9.89. The number of benzene rings is 1. The molecular formula is C37H51N11O6. The van der Waals surface area contributed by atoms with Gasteiger partial charge in [-0.25, -0.2) is 14.6 Å². The Labute approximate surface area is 315 Å². The van der Waals surface area contributed by atoms with Gasteiger partial charge < -0.3 is 33.7 Å². The fraction of sp³-hybridized carbons (Fsp3) is 0.595. The molecule has 3 aromatic heterocycles. The van der Waals surface area contributed by atoms with Gasteiger partial charge in [-0.1, -0.05) is 6.07 Å². The van der Waals surface area contributed by atoms with Crippen molar-refractivity contribution in [2.45, 2.75) is 83.4 Å². The molecular weight excluding hydrogens is 694 g/mol. The monoisotopic (exact) mass is 745 g/mol. The fourth-order valence-electron chi connectivity index (χ4n) is 6.95. The molecule has 1 unspecified atom stereocenters. The highest BCUT2D eigenvalue weighted by atomic mass is 16.6. The lowest BCUT2D eigenvalue weighted by Gasteiger charge is -2.42. The van der Waals surface area contributed by atoms with Crippen LogP contribution in [0.5, 0.6) is 11.6 Å². The zero-order chi connectivity index (χ0) is 37.7. The van der Waals surface area contributed by atoms with Gasteiger partial charge >= 0.3 is 0 Å². The zero-order valence-electron chi connectivity index (χ0n) is 31.5. The molecule has 0 amide bonds. The van der Waals surface area contributed by atoms with Crippen LogP contribution in [-0.4, -0.2) is 129 Å². The highest BCUT2D eigenvalue weighted by molar-refractivity contribution is 5.67. The third kappa shape index (κ3) is 10.9. The first-order valence-corrected chi connectivity index (χ1v) is 18.7. The molecule has 4 aromatic rings. The molecule has 4 heterocycles. The van der Waals surface area contributed by atoms with Crippen molar-refractivity contribution in [2.24, 2.45) is 0 Å². The van der Waals surface area contributed by atoms with Gasteiger partial charge in [0.1, 0.15) is 36.5 Å². The van der Waals surface area contributed by atoms with Crippen LogP contribution in [-0.2, 0) is 25.5 Å². The Morgan fingerprint density at radius 3 is 2.33 bits per heavy atom. The van der Waals surface area contributed by atoms with E-state index in [1.54, 1.807) is 30.3 Å². The summed E-state index contributed by atoms with van der Waals surface area (Å²) in [6, 6.07) is 8.41. The highest BCUT2D eigenvalue weighted by Gasteiger charge is 2.32. The normalized spacial score (nSPS) is 21.0. The van der Waals surface area contributed by atoms with Gasteiger partial charge in [0.05, 0.1) is 69.6 Å². The third-order valence-electron chi connectivity index (χ3n) is 9.47. The van der Waals surface area contributed by atoms with Gasteiger partial charge in [-0.15, -0.1) is 10.2 Å². The predicted molar refractivity (Wildman–Crippen MR) is 197 cm³/mol. The molecule has 1 saturated heterocycles. The summed E-state index contributed by atoms with van der Waals surface area (Å²) in [7, 11) is 1.65. The molecule has 1 aliphatic carbocycles. The van der Waals surface area contributed by atoms with Crippen LogP contribution in [0, 0.1) is 11.3 Å². The second-order valence-electron chi connectivity index (χ2n) is 13.8. The van der Waals surface area contributed by atoms with Gasteiger partial charge in [-0.3, -0.25) is 9.58 Å². The molecule has 2 aliphatic rings. The SMILES string of the molecule is COCCOCCOCCOc1nn(C2CCC(N3C[C@@H](C)O[C@@H](C)C3)CC2)cc1Nc1ncc(-c2ccc(C#N)c(OC(C)Cn3cnnn3)c2)cn1. The maximum absolute atomic E-state index is 9.71. The molecule has 1 saturated carbocycles. The molecule has 1 aliphatic heterocycles. The first-order chi connectivity index (χ1) is 26.4. The Kier molecular flexibility index (Phi) is 14.1. The second-order valence-corrected chi connectivity index (χ2v) is 13.8. The maximum atomic E-state index is 9.71. The summed E-state index contributed by atoms with van der Waals surface area (Å²) in [5.74, 6) is 1.31. The number of hydrogen-bond donors (Lipinski definition) is 1. The quantitative estimate of drug-likeness (QED) is 0.136. The minimum Gasteiger partial charge on any atom is -0.487 e. The number of rotatable bonds is 19. The van der Waals surface area contributed by atoms with Crippen LogP contribution in [0.3, 0.4) is 0 Å². The molecule has 0 radical (unpaired) electrons. The summed E-state index contributed by atoms with van der Waals surface area (Å²) in [6.07, 6.45) is 11.5. The van der Waals surface area contributed by atoms with Crippen LogP contribution < -0.4 is 14.8 Å². The molecule has 17 nitrogen and oxygen atoms in total. The van der Waals surface area contributed by atoms with Crippen molar-refractivity contribution in [3.63, 3.8) is 0 Å². The number of morpholine rings is 1. The average Bonchev–Trinajstić information content (AvgIpc) is 3.84. The van der Waals surface area contributed by atoms with Crippen molar-refractivity contribution in [2.75, 3.05) is 65.2 Å². The minimum atomic E-state index is -0.282. The number of ether oxygens (including phenoxy) is 6. The number of nitriles is 1. The summed E-state index contributed by atoms with van der Waals surface area (Å²) >= 11 is 0. The largest absolute Gasteiger partial charge is 0.487 e. The van der Waals surface area contributed by atoms with Gasteiger partial charge in [0.2, 0.25) is 5.95 Å². The Morgan fingerprint density at radius 2 is 1.65 bits per heavy atom. The standard InChI is InChI=1S/C37H51N11O6/c1-26-21-46(22-27(2)53-26)32-7-9-33(10-8-32)48-24-34(36(43-48)52-16-15-51-14-13-50-12-11-49-4)42-37-39-19-31(20-40-37)29-5-6-30(18-38)35(17-29)54-28(3)23-47-25-41-44-45-47/h5-6,17,19-20,24-28,32-33H,7-16,21-23H2,1-4H3,(H,39,40,42)/t26-,27+,28?,32?,33?. The number of hydrogen-bond acceptors (Lipinski definition) is 15. The van der Waals surface area contributed by atoms with Crippen LogP contribution in [0.4, 0.5) is 11.6 Å². The molecule has 0 bridgehead atoms. The fourth-order valence-corrected chi connectivity index (χ4v) is 6.95. The van der Waals surface area contributed by atoms with Crippen LogP contribution in [0.25, 0.3) is 11.1 Å². The van der Waals surface area contributed by atoms with E-state index < -0.39 is 0 Å². The Hall–Kier alpha value is -4.73. The van der Waals surface area contributed by atoms with Crippen LogP contribution >= 0.6 is 0 Å². The van der Waals surface area contributed by atoms with Gasteiger partial charge in [0.25, 0.3) is 5.88 Å². The number of aromatic nitrogens is 8. The predicted octanol–water partition coefficient (Wildman–Crippen LogP) is 4.06. The molecule has 17 heteroatoms. The van der Waals surface area contributed by atoms with Crippen LogP contribution in [0.15, 0.2) is 43.1 Å². The van der Waals surface area contributed by atoms with E-state index >= 15 is 0 Å². The lowest BCUT2D eigenvalue weighted by molar-refractivity contribution is -0.0852. The first kappa shape index (κ1) is 39.0. The van der Waals surface area contributed by atoms with Gasteiger partial charge in [-0.05, 0) is 74.6 Å². The van der Waals surface area contributed by atoms with Crippen molar-refractivity contribution in [1.29, 1.82) is 5.26 Å². The smallest absolute Gasteiger partial charge is 0.257 e. The van der Waals surface area contributed by atoms with Gasteiger partial charge in [-0.2, -0.15) is 5.26 Å². The Bertz CT molecular complexity index is 1750. The minimum absolute atomic E-state index is 0.252. The zero-order valence-corrected chi connectivity index (χ0v) is 31.5. The van der Waals surface area contributed by atoms with Crippen molar-refractivity contribution in [3.05, 3.63) is 48.7 Å². The van der Waals surface area contributed by atoms with Gasteiger partial charge in [0, 0.05) is 44.2 Å². The number of methoxy groups -OCH3 is 1. The molecule has 1 N–H and O–H groups in total. The number of tetrazole rings is 1. The summed E-state index contributed by atoms with van der Waals surface area (Å²) in [5.41, 5.74) is 2.67. The number of nitrogens with one attached hydrogen (secondary N) is 1. The van der Waals surface area contributed by atoms with Gasteiger partial charge in [0.15, 0.2) is 0 Å². The third-order valence-corrected chi connectivity index (χ3v) is 9.47. The number of anilines is 2. The van der Waals surface area contributed by atoms with Crippen LogP contribution in [0.1, 0.15) is 58.1 Å². The van der Waals surface area contributed by atoms with Crippen molar-refractivity contribution >= 4 is 11.6 Å². The average molecular weight is 746 g/mol. The molecule has 6 rings (SSSR count). The van der Waals surface area contributed by atoms with E-state index in [9.17, 15) is 5.26 Å². The topological polar surface area (TPSA) is 182 Å². The molecule has 3 atom stereocenters. The van der Waals surface area contributed by atoms with E-state index in [2.05, 4.69) is 55.6 Å². The maximum Gasteiger partial charge on any atom is 0.257 e. The molecule has 2 fully saturated rings. The molecule has 0 spiro atoms. The van der Waals surface area contributed by atoms with E-state index in [1.165, 1.54) is 6.33 Å². The lowest BCUT2D eigenvalue weighted by Crippen LogP contribution is -2.51. The van der Waals surface area contributed by atoms with E-state index in [4.69, 9.17) is 33.5 Å². The van der Waals surface area contributed by atoms with Crippen molar-refractivity contribution in [1.82, 2.24) is 44.9 Å². The summed E-state index contributed by atoms with van der Waals surface area (Å²) in [4.78, 5) is 11.8. The van der Waals surface area contributed by atoms with Crippen LogP contribution in [0.2, 0.25) is 0 Å². The molecule has 54 heavy (non-hydrogen) atoms. The molecule has 290 valence electrons. The Balaban J connectivity index is 1.10. The Morgan fingerprint density at radius 1 is 0.944 bits per heavy atom. The van der Waals surface area contributed by atoms with E-state index in [1.807, 2.05) is 29.9 Å². The summed E-state index contributed by atoms with van der Waals surface area (Å²) < 4.78 is 38.0.